The number of piperidine rings is 1. The van der Waals surface area contributed by atoms with E-state index in [1.807, 2.05) is 25.3 Å². The predicted octanol–water partition coefficient (Wildman–Crippen LogP) is 5.23. The van der Waals surface area contributed by atoms with Gasteiger partial charge < -0.3 is 9.94 Å². The summed E-state index contributed by atoms with van der Waals surface area (Å²) in [6.45, 7) is 2.41. The molecule has 1 fully saturated rings. The molecule has 1 saturated heterocycles. The Morgan fingerprint density at radius 2 is 1.86 bits per heavy atom. The van der Waals surface area contributed by atoms with Gasteiger partial charge in [-0.1, -0.05) is 17.7 Å². The Labute approximate surface area is 210 Å². The topological polar surface area (TPSA) is 75.1 Å². The van der Waals surface area contributed by atoms with E-state index in [0.717, 1.165) is 68.3 Å². The minimum Gasteiger partial charge on any atom is -0.625 e. The Morgan fingerprint density at radius 1 is 1.11 bits per heavy atom. The lowest BCUT2D eigenvalue weighted by Gasteiger charge is -2.43. The van der Waals surface area contributed by atoms with E-state index in [1.54, 1.807) is 31.6 Å². The Kier molecular flexibility index (Phi) is 6.45. The number of carbonyl (C=O) groups excluding carboxylic acids is 1. The van der Waals surface area contributed by atoms with Gasteiger partial charge in [-0.15, -0.1) is 0 Å². The fourth-order valence-electron chi connectivity index (χ4n) is 5.27. The lowest BCUT2D eigenvalue weighted by Crippen LogP contribution is -2.52. The van der Waals surface area contributed by atoms with Crippen molar-refractivity contribution in [1.82, 2.24) is 9.97 Å². The first kappa shape index (κ1) is 23.7. The summed E-state index contributed by atoms with van der Waals surface area (Å²) in [5.41, 5.74) is 8.06. The predicted molar refractivity (Wildman–Crippen MR) is 136 cm³/mol. The fraction of sp³-hybridized carbons (Fsp3) is 0.321. The molecule has 0 unspecified atom stereocenters. The molecule has 0 spiro atoms. The van der Waals surface area contributed by atoms with Crippen LogP contribution in [0.5, 0.6) is 5.75 Å². The molecule has 1 aromatic carbocycles. The highest BCUT2D eigenvalue weighted by molar-refractivity contribution is 6.32. The minimum atomic E-state index is -0.813. The van der Waals surface area contributed by atoms with E-state index in [0.29, 0.717) is 12.8 Å². The van der Waals surface area contributed by atoms with Crippen molar-refractivity contribution in [2.45, 2.75) is 39.0 Å². The van der Waals surface area contributed by atoms with Crippen molar-refractivity contribution in [2.24, 2.45) is 0 Å². The van der Waals surface area contributed by atoms with Crippen LogP contribution in [0.1, 0.15) is 46.4 Å². The number of likely N-dealkylation sites (tertiary alicyclic amines) is 1. The molecule has 35 heavy (non-hydrogen) atoms. The lowest BCUT2D eigenvalue weighted by molar-refractivity contribution is -0.807. The summed E-state index contributed by atoms with van der Waals surface area (Å²) < 4.78 is 5.03. The van der Waals surface area contributed by atoms with Crippen LogP contribution >= 0.6 is 11.6 Å². The third-order valence-electron chi connectivity index (χ3n) is 7.21. The molecule has 0 N–H and O–H groups in total. The van der Waals surface area contributed by atoms with Gasteiger partial charge in [0, 0.05) is 47.6 Å². The fourth-order valence-corrected chi connectivity index (χ4v) is 5.52. The zero-order chi connectivity index (χ0) is 24.6. The van der Waals surface area contributed by atoms with Crippen LogP contribution in [0.3, 0.4) is 0 Å². The van der Waals surface area contributed by atoms with Crippen molar-refractivity contribution in [1.29, 1.82) is 0 Å². The SMILES string of the molecule is COc1cc(C)c(Cl)c2c1C(=C1CC[N+]([O-])(C(=O)Cc3ccncc3)CC1)c1ncccc1CC2. The molecule has 0 atom stereocenters. The number of quaternary nitrogens is 1. The maximum atomic E-state index is 13.5. The van der Waals surface area contributed by atoms with E-state index in [9.17, 15) is 10.0 Å². The molecule has 0 bridgehead atoms. The van der Waals surface area contributed by atoms with Gasteiger partial charge in [0.1, 0.15) is 5.75 Å². The summed E-state index contributed by atoms with van der Waals surface area (Å²) in [6, 6.07) is 9.61. The normalized spacial score (nSPS) is 19.5. The summed E-state index contributed by atoms with van der Waals surface area (Å²) in [5, 5.41) is 14.3. The number of halogens is 1. The van der Waals surface area contributed by atoms with E-state index in [2.05, 4.69) is 11.1 Å². The summed E-state index contributed by atoms with van der Waals surface area (Å²) >= 11 is 6.82. The van der Waals surface area contributed by atoms with E-state index < -0.39 is 4.65 Å². The number of hydrogen-bond acceptors (Lipinski definition) is 5. The summed E-state index contributed by atoms with van der Waals surface area (Å²) in [4.78, 5) is 21.7. The molecule has 3 aromatic rings. The van der Waals surface area contributed by atoms with Crippen molar-refractivity contribution in [2.75, 3.05) is 20.2 Å². The molecule has 2 aliphatic rings. The number of pyridine rings is 2. The van der Waals surface area contributed by atoms with Gasteiger partial charge in [-0.25, -0.2) is 4.79 Å². The van der Waals surface area contributed by atoms with Gasteiger partial charge in [0.2, 0.25) is 0 Å². The monoisotopic (exact) mass is 489 g/mol. The van der Waals surface area contributed by atoms with Gasteiger partial charge in [-0.05, 0) is 71.9 Å². The quantitative estimate of drug-likeness (QED) is 0.372. The maximum absolute atomic E-state index is 13.5. The largest absolute Gasteiger partial charge is 0.625 e. The van der Waals surface area contributed by atoms with E-state index >= 15 is 0 Å². The van der Waals surface area contributed by atoms with Crippen molar-refractivity contribution in [3.63, 3.8) is 0 Å². The molecule has 1 aliphatic carbocycles. The number of rotatable bonds is 3. The van der Waals surface area contributed by atoms with Crippen molar-refractivity contribution in [3.8, 4) is 5.75 Å². The van der Waals surface area contributed by atoms with Crippen LogP contribution in [-0.4, -0.2) is 40.7 Å². The number of fused-ring (bicyclic) bond motifs is 2. The molecule has 0 saturated carbocycles. The van der Waals surface area contributed by atoms with Crippen LogP contribution in [0.2, 0.25) is 5.02 Å². The number of ether oxygens (including phenoxy) is 1. The number of carbonyl (C=O) groups is 1. The number of hydrogen-bond donors (Lipinski definition) is 0. The van der Waals surface area contributed by atoms with Crippen LogP contribution in [0.25, 0.3) is 5.57 Å². The molecule has 180 valence electrons. The van der Waals surface area contributed by atoms with Crippen LogP contribution in [0.15, 0.2) is 54.5 Å². The first-order valence-corrected chi connectivity index (χ1v) is 12.3. The molecule has 5 rings (SSSR count). The first-order valence-electron chi connectivity index (χ1n) is 11.9. The molecule has 2 aromatic heterocycles. The van der Waals surface area contributed by atoms with Gasteiger partial charge in [-0.2, -0.15) is 0 Å². The second kappa shape index (κ2) is 9.53. The van der Waals surface area contributed by atoms with Crippen molar-refractivity contribution >= 4 is 23.1 Å². The molecule has 0 radical (unpaired) electrons. The average molecular weight is 490 g/mol. The number of aryl methyl sites for hydroxylation is 2. The summed E-state index contributed by atoms with van der Waals surface area (Å²) in [7, 11) is 1.67. The molecular weight excluding hydrogens is 462 g/mol. The number of nitrogens with zero attached hydrogens (tertiary/aromatic N) is 3. The third kappa shape index (κ3) is 4.38. The van der Waals surface area contributed by atoms with Gasteiger partial charge in [0.05, 0.1) is 32.3 Å². The Balaban J connectivity index is 1.56. The molecular formula is C28H28ClN3O3. The van der Waals surface area contributed by atoms with E-state index in [1.165, 1.54) is 0 Å². The number of amides is 1. The second-order valence-electron chi connectivity index (χ2n) is 9.32. The molecule has 1 amide bonds. The van der Waals surface area contributed by atoms with Crippen LogP contribution in [-0.2, 0) is 24.1 Å². The molecule has 7 heteroatoms. The smallest absolute Gasteiger partial charge is 0.318 e. The van der Waals surface area contributed by atoms with Crippen LogP contribution < -0.4 is 4.74 Å². The Morgan fingerprint density at radius 3 is 2.57 bits per heavy atom. The Hall–Kier alpha value is -3.06. The zero-order valence-electron chi connectivity index (χ0n) is 20.0. The molecule has 3 heterocycles. The number of benzene rings is 1. The highest BCUT2D eigenvalue weighted by Crippen LogP contribution is 2.45. The van der Waals surface area contributed by atoms with Gasteiger partial charge in [0.25, 0.3) is 0 Å². The van der Waals surface area contributed by atoms with Gasteiger partial charge in [0.15, 0.2) is 0 Å². The lowest BCUT2D eigenvalue weighted by atomic mass is 9.87. The van der Waals surface area contributed by atoms with E-state index in [4.69, 9.17) is 21.3 Å². The minimum absolute atomic E-state index is 0.119. The molecule has 1 aliphatic heterocycles. The summed E-state index contributed by atoms with van der Waals surface area (Å²) in [5.74, 6) is 0.460. The van der Waals surface area contributed by atoms with Gasteiger partial charge in [-0.3, -0.25) is 14.6 Å². The maximum Gasteiger partial charge on any atom is 0.318 e. The van der Waals surface area contributed by atoms with Crippen LogP contribution in [0, 0.1) is 12.1 Å². The number of hydroxylamine groups is 3. The van der Waals surface area contributed by atoms with Crippen molar-refractivity contribution < 1.29 is 14.2 Å². The molecule has 6 nitrogen and oxygen atoms in total. The second-order valence-corrected chi connectivity index (χ2v) is 9.69. The first-order chi connectivity index (χ1) is 16.9. The van der Waals surface area contributed by atoms with Crippen molar-refractivity contribution in [3.05, 3.63) is 98.2 Å². The number of aromatic nitrogens is 2. The highest BCUT2D eigenvalue weighted by Gasteiger charge is 2.35. The Bertz CT molecular complexity index is 1310. The number of methoxy groups -OCH3 is 1. The third-order valence-corrected chi connectivity index (χ3v) is 7.74. The summed E-state index contributed by atoms with van der Waals surface area (Å²) in [6.07, 6.45) is 7.86. The van der Waals surface area contributed by atoms with E-state index in [-0.39, 0.29) is 25.4 Å². The zero-order valence-corrected chi connectivity index (χ0v) is 20.8. The standard InChI is InChI=1S/C28H28ClN3O3/c1-18-16-23(35-2)26-22(27(18)29)6-5-21-4-3-11-31-28(21)25(26)20-9-14-32(34,15-10-20)24(33)17-19-7-12-30-13-8-19/h3-4,7-8,11-13,16H,5-6,9-10,14-15,17H2,1-2H3. The average Bonchev–Trinajstić information content (AvgIpc) is 3.05. The van der Waals surface area contributed by atoms with Crippen LogP contribution in [0.4, 0.5) is 0 Å². The van der Waals surface area contributed by atoms with Gasteiger partial charge >= 0.3 is 5.91 Å². The highest BCUT2D eigenvalue weighted by atomic mass is 35.5.